The van der Waals surface area contributed by atoms with Crippen LogP contribution in [0, 0.1) is 0 Å². The van der Waals surface area contributed by atoms with Crippen molar-refractivity contribution < 1.29 is 9.90 Å². The van der Waals surface area contributed by atoms with Gasteiger partial charge in [0.1, 0.15) is 5.75 Å². The molecule has 0 aliphatic carbocycles. The van der Waals surface area contributed by atoms with E-state index in [0.29, 0.717) is 22.8 Å². The van der Waals surface area contributed by atoms with Crippen LogP contribution in [-0.4, -0.2) is 16.4 Å². The van der Waals surface area contributed by atoms with Crippen molar-refractivity contribution in [2.24, 2.45) is 0 Å². The van der Waals surface area contributed by atoms with Gasteiger partial charge in [0.25, 0.3) is 0 Å². The van der Waals surface area contributed by atoms with Gasteiger partial charge < -0.3 is 10.1 Å². The Hall–Kier alpha value is -2.10. The average molecular weight is 189 g/mol. The number of phenolic OH excluding ortho intramolecular Hbond substituents is 1. The molecule has 0 aliphatic rings. The van der Waals surface area contributed by atoms with Crippen LogP contribution in [0.1, 0.15) is 10.4 Å². The van der Waals surface area contributed by atoms with E-state index < -0.39 is 0 Å². The number of fused-ring (bicyclic) bond motifs is 1. The van der Waals surface area contributed by atoms with Crippen LogP contribution in [0.25, 0.3) is 10.9 Å². The minimum Gasteiger partial charge on any atom is -0.506 e. The number of aromatic hydroxyl groups is 1. The SMILES string of the molecule is O=Cc1ccc(O)c2[nH]c(=O)ccc12. The number of hydrogen-bond acceptors (Lipinski definition) is 3. The standard InChI is InChI=1S/C10H7NO3/c12-5-6-1-3-8(13)10-7(6)2-4-9(14)11-10/h1-5,13H,(H,11,14). The molecule has 0 radical (unpaired) electrons. The number of aromatic amines is 1. The van der Waals surface area contributed by atoms with E-state index in [1.54, 1.807) is 0 Å². The number of phenols is 1. The van der Waals surface area contributed by atoms with Crippen molar-refractivity contribution >= 4 is 17.2 Å². The largest absolute Gasteiger partial charge is 0.506 e. The van der Waals surface area contributed by atoms with Gasteiger partial charge in [-0.25, -0.2) is 0 Å². The third kappa shape index (κ3) is 1.17. The van der Waals surface area contributed by atoms with E-state index >= 15 is 0 Å². The smallest absolute Gasteiger partial charge is 0.248 e. The van der Waals surface area contributed by atoms with Crippen LogP contribution in [-0.2, 0) is 0 Å². The molecule has 0 fully saturated rings. The van der Waals surface area contributed by atoms with Gasteiger partial charge in [-0.1, -0.05) is 0 Å². The number of pyridine rings is 1. The second kappa shape index (κ2) is 2.99. The molecule has 4 nitrogen and oxygen atoms in total. The van der Waals surface area contributed by atoms with Gasteiger partial charge in [-0.15, -0.1) is 0 Å². The van der Waals surface area contributed by atoms with Crippen molar-refractivity contribution in [3.8, 4) is 5.75 Å². The number of nitrogens with one attached hydrogen (secondary N) is 1. The lowest BCUT2D eigenvalue weighted by Crippen LogP contribution is -2.03. The number of benzene rings is 1. The summed E-state index contributed by atoms with van der Waals surface area (Å²) >= 11 is 0. The first-order valence-corrected chi connectivity index (χ1v) is 4.02. The molecule has 4 heteroatoms. The number of aldehydes is 1. The van der Waals surface area contributed by atoms with Gasteiger partial charge in [-0.05, 0) is 18.2 Å². The Bertz CT molecular complexity index is 557. The highest BCUT2D eigenvalue weighted by molar-refractivity contribution is 5.98. The molecule has 14 heavy (non-hydrogen) atoms. The molecule has 1 heterocycles. The molecule has 0 atom stereocenters. The molecule has 0 unspecified atom stereocenters. The summed E-state index contributed by atoms with van der Waals surface area (Å²) in [5, 5.41) is 9.97. The second-order valence-electron chi connectivity index (χ2n) is 2.90. The van der Waals surface area contributed by atoms with Crippen LogP contribution in [0.15, 0.2) is 29.1 Å². The second-order valence-corrected chi connectivity index (χ2v) is 2.90. The lowest BCUT2D eigenvalue weighted by atomic mass is 10.1. The fraction of sp³-hybridized carbons (Fsp3) is 0. The van der Waals surface area contributed by atoms with Crippen molar-refractivity contribution in [1.82, 2.24) is 4.98 Å². The molecule has 0 spiro atoms. The van der Waals surface area contributed by atoms with Crippen molar-refractivity contribution in [2.45, 2.75) is 0 Å². The number of aromatic nitrogens is 1. The molecule has 0 amide bonds. The highest BCUT2D eigenvalue weighted by Crippen LogP contribution is 2.23. The summed E-state index contributed by atoms with van der Waals surface area (Å²) in [7, 11) is 0. The van der Waals surface area contributed by atoms with E-state index in [9.17, 15) is 14.7 Å². The third-order valence-corrected chi connectivity index (χ3v) is 2.03. The Morgan fingerprint density at radius 2 is 2.00 bits per heavy atom. The van der Waals surface area contributed by atoms with Crippen molar-refractivity contribution in [3.05, 3.63) is 40.2 Å². The quantitative estimate of drug-likeness (QED) is 0.658. The van der Waals surface area contributed by atoms with Crippen LogP contribution in [0.5, 0.6) is 5.75 Å². The van der Waals surface area contributed by atoms with E-state index in [4.69, 9.17) is 0 Å². The summed E-state index contributed by atoms with van der Waals surface area (Å²) in [5.74, 6) is -0.0386. The third-order valence-electron chi connectivity index (χ3n) is 2.03. The lowest BCUT2D eigenvalue weighted by Gasteiger charge is -2.01. The Labute approximate surface area is 78.8 Å². The monoisotopic (exact) mass is 189 g/mol. The topological polar surface area (TPSA) is 70.2 Å². The van der Waals surface area contributed by atoms with Crippen LogP contribution in [0.3, 0.4) is 0 Å². The number of hydrogen-bond donors (Lipinski definition) is 2. The highest BCUT2D eigenvalue weighted by atomic mass is 16.3. The van der Waals surface area contributed by atoms with Gasteiger partial charge >= 0.3 is 0 Å². The fourth-order valence-electron chi connectivity index (χ4n) is 1.36. The number of carbonyl (C=O) groups is 1. The number of H-pyrrole nitrogens is 1. The van der Waals surface area contributed by atoms with E-state index in [0.717, 1.165) is 0 Å². The van der Waals surface area contributed by atoms with Crippen LogP contribution < -0.4 is 5.56 Å². The molecular weight excluding hydrogens is 182 g/mol. The zero-order chi connectivity index (χ0) is 10.1. The van der Waals surface area contributed by atoms with Gasteiger partial charge in [0.15, 0.2) is 6.29 Å². The fourth-order valence-corrected chi connectivity index (χ4v) is 1.36. The van der Waals surface area contributed by atoms with Gasteiger partial charge in [-0.2, -0.15) is 0 Å². The predicted octanol–water partition coefficient (Wildman–Crippen LogP) is 1.05. The molecule has 0 saturated carbocycles. The minimum absolute atomic E-state index is 0.0386. The molecule has 1 aromatic carbocycles. The predicted molar refractivity (Wildman–Crippen MR) is 51.6 cm³/mol. The molecule has 0 aliphatic heterocycles. The van der Waals surface area contributed by atoms with E-state index in [-0.39, 0.29) is 11.3 Å². The van der Waals surface area contributed by atoms with E-state index in [1.807, 2.05) is 0 Å². The molecule has 2 N–H and O–H groups in total. The van der Waals surface area contributed by atoms with Crippen LogP contribution >= 0.6 is 0 Å². The molecule has 1 aromatic heterocycles. The summed E-state index contributed by atoms with van der Waals surface area (Å²) in [6.07, 6.45) is 0.681. The first kappa shape index (κ1) is 8.50. The molecule has 70 valence electrons. The minimum atomic E-state index is -0.309. The summed E-state index contributed by atoms with van der Waals surface area (Å²) in [6, 6.07) is 5.71. The van der Waals surface area contributed by atoms with Gasteiger partial charge in [0.05, 0.1) is 5.52 Å². The average Bonchev–Trinajstić information content (AvgIpc) is 2.19. The summed E-state index contributed by atoms with van der Waals surface area (Å²) < 4.78 is 0. The van der Waals surface area contributed by atoms with E-state index in [1.165, 1.54) is 24.3 Å². The Morgan fingerprint density at radius 3 is 2.71 bits per heavy atom. The highest BCUT2D eigenvalue weighted by Gasteiger charge is 2.04. The maximum Gasteiger partial charge on any atom is 0.248 e. The number of rotatable bonds is 1. The molecular formula is C10H7NO3. The van der Waals surface area contributed by atoms with Crippen molar-refractivity contribution in [1.29, 1.82) is 0 Å². The molecule has 0 bridgehead atoms. The van der Waals surface area contributed by atoms with Gasteiger partial charge in [0.2, 0.25) is 5.56 Å². The Balaban J connectivity index is 2.98. The molecule has 2 aromatic rings. The maximum absolute atomic E-state index is 11.0. The zero-order valence-electron chi connectivity index (χ0n) is 7.15. The summed E-state index contributed by atoms with van der Waals surface area (Å²) in [6.45, 7) is 0. The zero-order valence-corrected chi connectivity index (χ0v) is 7.15. The van der Waals surface area contributed by atoms with Gasteiger partial charge in [-0.3, -0.25) is 9.59 Å². The molecule has 2 rings (SSSR count). The van der Waals surface area contributed by atoms with Crippen molar-refractivity contribution in [2.75, 3.05) is 0 Å². The summed E-state index contributed by atoms with van der Waals surface area (Å²) in [4.78, 5) is 24.1. The first-order valence-electron chi connectivity index (χ1n) is 4.02. The van der Waals surface area contributed by atoms with Crippen LogP contribution in [0.2, 0.25) is 0 Å². The first-order chi connectivity index (χ1) is 6.72. The van der Waals surface area contributed by atoms with Crippen molar-refractivity contribution in [3.63, 3.8) is 0 Å². The van der Waals surface area contributed by atoms with Crippen LogP contribution in [0.4, 0.5) is 0 Å². The van der Waals surface area contributed by atoms with E-state index in [2.05, 4.69) is 4.98 Å². The Morgan fingerprint density at radius 1 is 1.21 bits per heavy atom. The van der Waals surface area contributed by atoms with Gasteiger partial charge in [0, 0.05) is 17.0 Å². The summed E-state index contributed by atoms with van der Waals surface area (Å²) in [5.41, 5.74) is 0.423. The lowest BCUT2D eigenvalue weighted by molar-refractivity contribution is 0.112. The normalized spacial score (nSPS) is 10.3. The molecule has 0 saturated heterocycles. The maximum atomic E-state index is 11.0. The number of carbonyl (C=O) groups excluding carboxylic acids is 1. The Kier molecular flexibility index (Phi) is 1.81.